The van der Waals surface area contributed by atoms with Gasteiger partial charge < -0.3 is 25.2 Å². The Morgan fingerprint density at radius 2 is 1.74 bits per heavy atom. The number of rotatable bonds is 7. The quantitative estimate of drug-likeness (QED) is 0.411. The zero-order chi connectivity index (χ0) is 24.8. The molecule has 9 nitrogen and oxygen atoms in total. The van der Waals surface area contributed by atoms with Crippen molar-refractivity contribution in [1.82, 2.24) is 10.5 Å². The predicted octanol–water partition coefficient (Wildman–Crippen LogP) is 4.87. The molecule has 1 aromatic heterocycles. The molecule has 0 radical (unpaired) electrons. The van der Waals surface area contributed by atoms with Crippen LogP contribution in [-0.2, 0) is 9.53 Å². The Morgan fingerprint density at radius 1 is 1.03 bits per heavy atom. The lowest BCUT2D eigenvalue weighted by Gasteiger charge is -2.18. The first-order chi connectivity index (χ1) is 16.2. The standard InChI is InChI=1S/C24H25ClN4O5/c1-13(2)21(23(31)33-4)28-22(30)20-12-18(29-34-20)15-6-8-16(9-7-15)26-24(32)27-19-11-14(3)5-10-17(19)25/h5-13,21H,1-4H3,(H,28,30)(H2,26,27,32). The zero-order valence-electron chi connectivity index (χ0n) is 19.1. The fraction of sp³-hybridized carbons (Fsp3) is 0.250. The Kier molecular flexibility index (Phi) is 7.91. The van der Waals surface area contributed by atoms with Crippen LogP contribution < -0.4 is 16.0 Å². The number of hydrogen-bond donors (Lipinski definition) is 3. The van der Waals surface area contributed by atoms with E-state index in [1.165, 1.54) is 13.2 Å². The van der Waals surface area contributed by atoms with Crippen LogP contribution in [0.1, 0.15) is 30.0 Å². The number of carbonyl (C=O) groups excluding carboxylic acids is 3. The molecule has 1 unspecified atom stereocenters. The van der Waals surface area contributed by atoms with Crippen LogP contribution >= 0.6 is 11.6 Å². The summed E-state index contributed by atoms with van der Waals surface area (Å²) in [5, 5.41) is 12.4. The molecule has 0 aliphatic rings. The van der Waals surface area contributed by atoms with Crippen LogP contribution in [0, 0.1) is 12.8 Å². The highest BCUT2D eigenvalue weighted by Crippen LogP contribution is 2.24. The zero-order valence-corrected chi connectivity index (χ0v) is 19.9. The summed E-state index contributed by atoms with van der Waals surface area (Å²) in [5.74, 6) is -1.33. The van der Waals surface area contributed by atoms with E-state index >= 15 is 0 Å². The molecule has 0 saturated heterocycles. The monoisotopic (exact) mass is 484 g/mol. The highest BCUT2D eigenvalue weighted by Gasteiger charge is 2.27. The Bertz CT molecular complexity index is 1190. The molecule has 178 valence electrons. The number of nitrogens with zero attached hydrogens (tertiary/aromatic N) is 1. The van der Waals surface area contributed by atoms with E-state index in [1.54, 1.807) is 50.2 Å². The molecular weight excluding hydrogens is 460 g/mol. The van der Waals surface area contributed by atoms with E-state index in [1.807, 2.05) is 13.0 Å². The molecule has 0 spiro atoms. The minimum Gasteiger partial charge on any atom is -0.467 e. The maximum absolute atomic E-state index is 12.5. The highest BCUT2D eigenvalue weighted by molar-refractivity contribution is 6.33. The van der Waals surface area contributed by atoms with E-state index in [9.17, 15) is 14.4 Å². The van der Waals surface area contributed by atoms with E-state index < -0.39 is 23.9 Å². The maximum atomic E-state index is 12.5. The highest BCUT2D eigenvalue weighted by atomic mass is 35.5. The summed E-state index contributed by atoms with van der Waals surface area (Å²) >= 11 is 6.11. The number of ether oxygens (including phenoxy) is 1. The van der Waals surface area contributed by atoms with Crippen molar-refractivity contribution in [3.8, 4) is 11.3 Å². The predicted molar refractivity (Wildman–Crippen MR) is 129 cm³/mol. The van der Waals surface area contributed by atoms with Gasteiger partial charge in [-0.1, -0.05) is 48.8 Å². The Balaban J connectivity index is 1.64. The van der Waals surface area contributed by atoms with Gasteiger partial charge in [0.25, 0.3) is 5.91 Å². The molecule has 0 fully saturated rings. The fourth-order valence-electron chi connectivity index (χ4n) is 3.10. The van der Waals surface area contributed by atoms with Crippen molar-refractivity contribution in [2.45, 2.75) is 26.8 Å². The van der Waals surface area contributed by atoms with E-state index in [0.29, 0.717) is 27.7 Å². The molecular formula is C24H25ClN4O5. The lowest BCUT2D eigenvalue weighted by atomic mass is 10.0. The molecule has 2 aromatic carbocycles. The van der Waals surface area contributed by atoms with Crippen LogP contribution in [0.4, 0.5) is 16.2 Å². The van der Waals surface area contributed by atoms with Gasteiger partial charge in [-0.2, -0.15) is 0 Å². The number of hydrogen-bond acceptors (Lipinski definition) is 6. The summed E-state index contributed by atoms with van der Waals surface area (Å²) in [4.78, 5) is 36.6. The lowest BCUT2D eigenvalue weighted by Crippen LogP contribution is -2.44. The average Bonchev–Trinajstić information content (AvgIpc) is 3.30. The SMILES string of the molecule is COC(=O)C(NC(=O)c1cc(-c2ccc(NC(=O)Nc3cc(C)ccc3Cl)cc2)no1)C(C)C. The second kappa shape index (κ2) is 10.8. The third-order valence-corrected chi connectivity index (χ3v) is 5.28. The van der Waals surface area contributed by atoms with Gasteiger partial charge in [0.15, 0.2) is 0 Å². The number of aryl methyl sites for hydroxylation is 1. The fourth-order valence-corrected chi connectivity index (χ4v) is 3.26. The molecule has 0 saturated carbocycles. The summed E-state index contributed by atoms with van der Waals surface area (Å²) < 4.78 is 9.88. The van der Waals surface area contributed by atoms with Crippen molar-refractivity contribution in [2.24, 2.45) is 5.92 Å². The summed E-state index contributed by atoms with van der Waals surface area (Å²) in [6.45, 7) is 5.48. The van der Waals surface area contributed by atoms with Crippen molar-refractivity contribution in [2.75, 3.05) is 17.7 Å². The normalized spacial score (nSPS) is 11.6. The number of carbonyl (C=O) groups is 3. The molecule has 1 atom stereocenters. The summed E-state index contributed by atoms with van der Waals surface area (Å²) in [6.07, 6.45) is 0. The summed E-state index contributed by atoms with van der Waals surface area (Å²) in [5.41, 5.74) is 3.12. The van der Waals surface area contributed by atoms with Crippen molar-refractivity contribution < 1.29 is 23.6 Å². The summed E-state index contributed by atoms with van der Waals surface area (Å²) in [7, 11) is 1.26. The molecule has 10 heteroatoms. The molecule has 0 bridgehead atoms. The van der Waals surface area contributed by atoms with Crippen LogP contribution in [0.3, 0.4) is 0 Å². The smallest absolute Gasteiger partial charge is 0.328 e. The summed E-state index contributed by atoms with van der Waals surface area (Å²) in [6, 6.07) is 12.4. The van der Waals surface area contributed by atoms with Gasteiger partial charge in [0, 0.05) is 17.3 Å². The van der Waals surface area contributed by atoms with Gasteiger partial charge in [0.1, 0.15) is 11.7 Å². The second-order valence-corrected chi connectivity index (χ2v) is 8.34. The van der Waals surface area contributed by atoms with Gasteiger partial charge in [0.05, 0.1) is 17.8 Å². The van der Waals surface area contributed by atoms with Crippen LogP contribution in [0.25, 0.3) is 11.3 Å². The first kappa shape index (κ1) is 24.8. The number of urea groups is 1. The van der Waals surface area contributed by atoms with Gasteiger partial charge >= 0.3 is 12.0 Å². The number of aromatic nitrogens is 1. The Hall–Kier alpha value is -3.85. The van der Waals surface area contributed by atoms with Gasteiger partial charge in [-0.25, -0.2) is 9.59 Å². The number of halogens is 1. The number of esters is 1. The number of amides is 3. The molecule has 1 heterocycles. The number of benzene rings is 2. The van der Waals surface area contributed by atoms with E-state index in [0.717, 1.165) is 5.56 Å². The minimum atomic E-state index is -0.808. The number of anilines is 2. The van der Waals surface area contributed by atoms with E-state index in [2.05, 4.69) is 21.1 Å². The van der Waals surface area contributed by atoms with Gasteiger partial charge in [-0.15, -0.1) is 0 Å². The second-order valence-electron chi connectivity index (χ2n) is 7.93. The Morgan fingerprint density at radius 3 is 2.38 bits per heavy atom. The molecule has 0 aliphatic heterocycles. The van der Waals surface area contributed by atoms with Crippen molar-refractivity contribution in [3.63, 3.8) is 0 Å². The first-order valence-electron chi connectivity index (χ1n) is 10.5. The Labute approximate surface area is 201 Å². The lowest BCUT2D eigenvalue weighted by molar-refractivity contribution is -0.144. The molecule has 3 amide bonds. The first-order valence-corrected chi connectivity index (χ1v) is 10.9. The van der Waals surface area contributed by atoms with E-state index in [-0.39, 0.29) is 11.7 Å². The van der Waals surface area contributed by atoms with Crippen molar-refractivity contribution >= 4 is 40.9 Å². The molecule has 3 aromatic rings. The molecule has 0 aliphatic carbocycles. The number of methoxy groups -OCH3 is 1. The molecule has 3 rings (SSSR count). The third kappa shape index (κ3) is 6.14. The third-order valence-electron chi connectivity index (χ3n) is 4.95. The largest absolute Gasteiger partial charge is 0.467 e. The topological polar surface area (TPSA) is 123 Å². The van der Waals surface area contributed by atoms with Crippen LogP contribution in [0.2, 0.25) is 5.02 Å². The van der Waals surface area contributed by atoms with Crippen LogP contribution in [0.15, 0.2) is 53.1 Å². The number of nitrogens with one attached hydrogen (secondary N) is 3. The van der Waals surface area contributed by atoms with Gasteiger partial charge in [0.2, 0.25) is 5.76 Å². The average molecular weight is 485 g/mol. The maximum Gasteiger partial charge on any atom is 0.328 e. The minimum absolute atomic E-state index is 0.0406. The van der Waals surface area contributed by atoms with Crippen molar-refractivity contribution in [3.05, 3.63) is 64.9 Å². The van der Waals surface area contributed by atoms with Crippen LogP contribution in [-0.4, -0.2) is 36.2 Å². The van der Waals surface area contributed by atoms with Crippen molar-refractivity contribution in [1.29, 1.82) is 0 Å². The van der Waals surface area contributed by atoms with Gasteiger partial charge in [-0.3, -0.25) is 4.79 Å². The van der Waals surface area contributed by atoms with Gasteiger partial charge in [-0.05, 0) is 42.7 Å². The molecule has 34 heavy (non-hydrogen) atoms. The molecule has 3 N–H and O–H groups in total. The van der Waals surface area contributed by atoms with Crippen LogP contribution in [0.5, 0.6) is 0 Å². The van der Waals surface area contributed by atoms with E-state index in [4.69, 9.17) is 20.9 Å².